The molecule has 0 atom stereocenters. The van der Waals surface area contributed by atoms with E-state index in [1.807, 2.05) is 0 Å². The molecule has 0 radical (unpaired) electrons. The average Bonchev–Trinajstić information content (AvgIpc) is 2.73. The number of carbonyl (C=O) groups excluding carboxylic acids is 1. The Bertz CT molecular complexity index is 1190. The van der Waals surface area contributed by atoms with E-state index in [1.165, 1.54) is 36.4 Å². The minimum Gasteiger partial charge on any atom is -0.406 e. The molecule has 3 aromatic rings. The van der Waals surface area contributed by atoms with Crippen molar-refractivity contribution in [1.29, 1.82) is 0 Å². The van der Waals surface area contributed by atoms with Gasteiger partial charge >= 0.3 is 6.36 Å². The van der Waals surface area contributed by atoms with Crippen LogP contribution in [0, 0.1) is 0 Å². The van der Waals surface area contributed by atoms with Gasteiger partial charge in [-0.1, -0.05) is 35.9 Å². The Hall–Kier alpha value is -3.24. The van der Waals surface area contributed by atoms with E-state index in [2.05, 4.69) is 10.1 Å². The van der Waals surface area contributed by atoms with Gasteiger partial charge in [-0.05, 0) is 54.6 Å². The highest BCUT2D eigenvalue weighted by atomic mass is 35.5. The first-order valence-corrected chi connectivity index (χ1v) is 10.9. The number of ether oxygens (including phenoxy) is 1. The van der Waals surface area contributed by atoms with E-state index in [0.717, 1.165) is 16.4 Å². The van der Waals surface area contributed by atoms with Gasteiger partial charge < -0.3 is 10.1 Å². The van der Waals surface area contributed by atoms with Gasteiger partial charge in [0, 0.05) is 10.7 Å². The number of halogens is 4. The summed E-state index contributed by atoms with van der Waals surface area (Å²) in [6, 6.07) is 18.0. The number of benzene rings is 3. The van der Waals surface area contributed by atoms with E-state index in [-0.39, 0.29) is 21.3 Å². The maximum atomic E-state index is 13.2. The highest BCUT2D eigenvalue weighted by molar-refractivity contribution is 7.92. The van der Waals surface area contributed by atoms with Crippen molar-refractivity contribution < 1.29 is 31.1 Å². The highest BCUT2D eigenvalue weighted by Crippen LogP contribution is 2.27. The molecule has 168 valence electrons. The molecule has 0 saturated heterocycles. The maximum Gasteiger partial charge on any atom is 0.573 e. The van der Waals surface area contributed by atoms with Crippen molar-refractivity contribution >= 4 is 38.9 Å². The van der Waals surface area contributed by atoms with Crippen molar-refractivity contribution in [2.45, 2.75) is 11.3 Å². The lowest BCUT2D eigenvalue weighted by Gasteiger charge is -2.24. The second-order valence-electron chi connectivity index (χ2n) is 6.42. The van der Waals surface area contributed by atoms with Crippen LogP contribution in [0.25, 0.3) is 0 Å². The average molecular weight is 485 g/mol. The fraction of sp³-hybridized carbons (Fsp3) is 0.0952. The molecule has 6 nitrogen and oxygen atoms in total. The number of amides is 1. The third-order valence-corrected chi connectivity index (χ3v) is 6.11. The normalized spacial score (nSPS) is 11.6. The molecule has 0 aliphatic rings. The second-order valence-corrected chi connectivity index (χ2v) is 8.72. The van der Waals surface area contributed by atoms with Crippen LogP contribution in [-0.4, -0.2) is 27.2 Å². The lowest BCUT2D eigenvalue weighted by molar-refractivity contribution is -0.274. The molecule has 0 aliphatic carbocycles. The van der Waals surface area contributed by atoms with E-state index in [1.54, 1.807) is 30.3 Å². The monoisotopic (exact) mass is 484 g/mol. The van der Waals surface area contributed by atoms with Gasteiger partial charge in [0.1, 0.15) is 12.3 Å². The van der Waals surface area contributed by atoms with Gasteiger partial charge in [-0.25, -0.2) is 8.42 Å². The molecule has 0 aliphatic heterocycles. The topological polar surface area (TPSA) is 75.7 Å². The first-order chi connectivity index (χ1) is 15.0. The summed E-state index contributed by atoms with van der Waals surface area (Å²) in [6.45, 7) is -0.599. The summed E-state index contributed by atoms with van der Waals surface area (Å²) in [5.74, 6) is -1.17. The lowest BCUT2D eigenvalue weighted by atomic mass is 10.3. The molecule has 0 heterocycles. The maximum absolute atomic E-state index is 13.2. The molecule has 0 saturated carbocycles. The Morgan fingerprint density at radius 3 is 2.22 bits per heavy atom. The van der Waals surface area contributed by atoms with Crippen LogP contribution in [0.2, 0.25) is 5.02 Å². The van der Waals surface area contributed by atoms with Crippen molar-refractivity contribution in [3.63, 3.8) is 0 Å². The third-order valence-electron chi connectivity index (χ3n) is 4.09. The molecule has 11 heteroatoms. The largest absolute Gasteiger partial charge is 0.573 e. The zero-order valence-electron chi connectivity index (χ0n) is 16.2. The molecule has 0 bridgehead atoms. The van der Waals surface area contributed by atoms with Crippen molar-refractivity contribution in [3.05, 3.63) is 83.9 Å². The molecule has 3 rings (SSSR count). The number of carbonyl (C=O) groups is 1. The van der Waals surface area contributed by atoms with Gasteiger partial charge in [0.15, 0.2) is 0 Å². The fourth-order valence-electron chi connectivity index (χ4n) is 2.74. The van der Waals surface area contributed by atoms with E-state index in [0.29, 0.717) is 0 Å². The first kappa shape index (κ1) is 23.4. The van der Waals surface area contributed by atoms with E-state index < -0.39 is 34.6 Å². The summed E-state index contributed by atoms with van der Waals surface area (Å²) in [7, 11) is -4.12. The molecule has 0 unspecified atom stereocenters. The molecule has 0 fully saturated rings. The first-order valence-electron chi connectivity index (χ1n) is 9.04. The Balaban J connectivity index is 1.83. The highest BCUT2D eigenvalue weighted by Gasteiger charge is 2.31. The van der Waals surface area contributed by atoms with Crippen LogP contribution in [0.4, 0.5) is 24.5 Å². The summed E-state index contributed by atoms with van der Waals surface area (Å²) >= 11 is 6.00. The number of rotatable bonds is 7. The summed E-state index contributed by atoms with van der Waals surface area (Å²) in [5.41, 5.74) is 0.332. The van der Waals surface area contributed by atoms with E-state index in [9.17, 15) is 26.4 Å². The van der Waals surface area contributed by atoms with Gasteiger partial charge in [0.25, 0.3) is 10.0 Å². The summed E-state index contributed by atoms with van der Waals surface area (Å²) in [4.78, 5) is 12.6. The molecule has 32 heavy (non-hydrogen) atoms. The standard InChI is InChI=1S/C21H16ClF3N2O4S/c22-15-5-4-6-17(13-15)27(32(29,30)19-7-2-1-3-8-19)14-20(28)26-16-9-11-18(12-10-16)31-21(23,24)25/h1-13H,14H2,(H,26,28). The van der Waals surface area contributed by atoms with Gasteiger partial charge in [0.05, 0.1) is 10.6 Å². The zero-order valence-corrected chi connectivity index (χ0v) is 17.8. The van der Waals surface area contributed by atoms with Crippen LogP contribution in [0.1, 0.15) is 0 Å². The number of alkyl halides is 3. The van der Waals surface area contributed by atoms with Crippen LogP contribution >= 0.6 is 11.6 Å². The Labute approximate surface area is 187 Å². The SMILES string of the molecule is O=C(CN(c1cccc(Cl)c1)S(=O)(=O)c1ccccc1)Nc1ccc(OC(F)(F)F)cc1. The van der Waals surface area contributed by atoms with Gasteiger partial charge in [-0.2, -0.15) is 0 Å². The lowest BCUT2D eigenvalue weighted by Crippen LogP contribution is -2.38. The molecule has 3 aromatic carbocycles. The van der Waals surface area contributed by atoms with Gasteiger partial charge in [-0.3, -0.25) is 9.10 Å². The van der Waals surface area contributed by atoms with Gasteiger partial charge in [0.2, 0.25) is 5.91 Å². The minimum atomic E-state index is -4.84. The zero-order chi connectivity index (χ0) is 23.4. The van der Waals surface area contributed by atoms with Crippen LogP contribution in [-0.2, 0) is 14.8 Å². The summed E-state index contributed by atoms with van der Waals surface area (Å²) < 4.78 is 67.9. The van der Waals surface area contributed by atoms with Crippen molar-refractivity contribution in [1.82, 2.24) is 0 Å². The van der Waals surface area contributed by atoms with Gasteiger partial charge in [-0.15, -0.1) is 13.2 Å². The molecule has 1 N–H and O–H groups in total. The number of hydrogen-bond acceptors (Lipinski definition) is 4. The number of nitrogens with zero attached hydrogens (tertiary/aromatic N) is 1. The van der Waals surface area contributed by atoms with Crippen LogP contribution in [0.15, 0.2) is 83.8 Å². The van der Waals surface area contributed by atoms with Crippen LogP contribution in [0.3, 0.4) is 0 Å². The summed E-state index contributed by atoms with van der Waals surface area (Å²) in [5, 5.41) is 2.73. The molecular formula is C21H16ClF3N2O4S. The van der Waals surface area contributed by atoms with Crippen molar-refractivity contribution in [3.8, 4) is 5.75 Å². The van der Waals surface area contributed by atoms with Crippen molar-refractivity contribution in [2.24, 2.45) is 0 Å². The predicted molar refractivity (Wildman–Crippen MR) is 114 cm³/mol. The quantitative estimate of drug-likeness (QED) is 0.508. The molecular weight excluding hydrogens is 469 g/mol. The minimum absolute atomic E-state index is 0.0265. The Kier molecular flexibility index (Phi) is 6.95. The molecule has 0 aromatic heterocycles. The number of anilines is 2. The molecule has 0 spiro atoms. The van der Waals surface area contributed by atoms with E-state index in [4.69, 9.17) is 11.6 Å². The van der Waals surface area contributed by atoms with E-state index >= 15 is 0 Å². The number of nitrogens with one attached hydrogen (secondary N) is 1. The summed E-state index contributed by atoms with van der Waals surface area (Å²) in [6.07, 6.45) is -4.84. The second kappa shape index (κ2) is 9.49. The Morgan fingerprint density at radius 1 is 0.969 bits per heavy atom. The number of sulfonamides is 1. The smallest absolute Gasteiger partial charge is 0.406 e. The van der Waals surface area contributed by atoms with Crippen LogP contribution in [0.5, 0.6) is 5.75 Å². The fourth-order valence-corrected chi connectivity index (χ4v) is 4.36. The third kappa shape index (κ3) is 6.14. The number of hydrogen-bond donors (Lipinski definition) is 1. The molecule has 1 amide bonds. The predicted octanol–water partition coefficient (Wildman–Crippen LogP) is 5.07. The van der Waals surface area contributed by atoms with Crippen LogP contribution < -0.4 is 14.4 Å². The Morgan fingerprint density at radius 2 is 1.62 bits per heavy atom. The van der Waals surface area contributed by atoms with Crippen molar-refractivity contribution in [2.75, 3.05) is 16.2 Å².